The molecule has 0 spiro atoms. The number of anilines is 2. The number of nitrogens with zero attached hydrogens (tertiary/aromatic N) is 3. The van der Waals surface area contributed by atoms with E-state index in [-0.39, 0.29) is 29.2 Å². The molecule has 1 aliphatic heterocycles. The summed E-state index contributed by atoms with van der Waals surface area (Å²) < 4.78 is 6.81. The van der Waals surface area contributed by atoms with Crippen molar-refractivity contribution < 1.29 is 14.0 Å². The van der Waals surface area contributed by atoms with Crippen LogP contribution in [0.5, 0.6) is 0 Å². The second kappa shape index (κ2) is 7.09. The van der Waals surface area contributed by atoms with Crippen LogP contribution in [0.1, 0.15) is 24.4 Å². The Balaban J connectivity index is 1.86. The van der Waals surface area contributed by atoms with Crippen LogP contribution in [0.3, 0.4) is 0 Å². The molecular weight excluding hydrogens is 370 g/mol. The molecule has 0 unspecified atom stereocenters. The van der Waals surface area contributed by atoms with Crippen LogP contribution in [0.25, 0.3) is 11.1 Å². The van der Waals surface area contributed by atoms with Gasteiger partial charge in [0.2, 0.25) is 11.5 Å². The number of hydrogen-bond acceptors (Lipinski definition) is 4. The minimum atomic E-state index is -0.260. The Hall–Kier alpha value is -3.61. The van der Waals surface area contributed by atoms with E-state index in [1.165, 1.54) is 23.8 Å². The molecule has 2 amide bonds. The maximum atomic E-state index is 13.1. The zero-order valence-electron chi connectivity index (χ0n) is 16.5. The lowest BCUT2D eigenvalue weighted by molar-refractivity contribution is -0.117. The molecule has 7 nitrogen and oxygen atoms in total. The number of fused-ring (bicyclic) bond motifs is 1. The first-order valence-corrected chi connectivity index (χ1v) is 9.33. The van der Waals surface area contributed by atoms with Crippen LogP contribution in [-0.2, 0) is 11.8 Å². The summed E-state index contributed by atoms with van der Waals surface area (Å²) in [5.41, 5.74) is 2.89. The second-order valence-electron chi connectivity index (χ2n) is 7.20. The summed E-state index contributed by atoms with van der Waals surface area (Å²) >= 11 is 0. The maximum Gasteiger partial charge on any atom is 0.294 e. The lowest BCUT2D eigenvalue weighted by Crippen LogP contribution is -2.51. The van der Waals surface area contributed by atoms with Gasteiger partial charge in [0.1, 0.15) is 0 Å². The van der Waals surface area contributed by atoms with Crippen molar-refractivity contribution in [2.45, 2.75) is 19.9 Å². The molecule has 0 N–H and O–H groups in total. The zero-order valence-corrected chi connectivity index (χ0v) is 16.5. The smallest absolute Gasteiger partial charge is 0.294 e. The highest BCUT2D eigenvalue weighted by molar-refractivity contribution is 6.10. The summed E-state index contributed by atoms with van der Waals surface area (Å²) in [6.45, 7) is 3.78. The third kappa shape index (κ3) is 3.24. The first kappa shape index (κ1) is 18.7. The molecule has 29 heavy (non-hydrogen) atoms. The predicted molar refractivity (Wildman–Crippen MR) is 110 cm³/mol. The molecule has 3 aromatic rings. The molecule has 0 bridgehead atoms. The van der Waals surface area contributed by atoms with E-state index in [0.717, 1.165) is 11.1 Å². The third-order valence-corrected chi connectivity index (χ3v) is 5.15. The van der Waals surface area contributed by atoms with Gasteiger partial charge in [0, 0.05) is 32.8 Å². The van der Waals surface area contributed by atoms with E-state index in [2.05, 4.69) is 0 Å². The summed E-state index contributed by atoms with van der Waals surface area (Å²) in [7, 11) is 1.69. The monoisotopic (exact) mass is 391 g/mol. The highest BCUT2D eigenvalue weighted by Crippen LogP contribution is 2.39. The van der Waals surface area contributed by atoms with Gasteiger partial charge in [0.25, 0.3) is 5.91 Å². The fourth-order valence-corrected chi connectivity index (χ4v) is 3.77. The molecule has 1 atom stereocenters. The fraction of sp³-hybridized carbons (Fsp3) is 0.227. The second-order valence-corrected chi connectivity index (χ2v) is 7.20. The van der Waals surface area contributed by atoms with E-state index >= 15 is 0 Å². The molecule has 7 heteroatoms. The Kier molecular flexibility index (Phi) is 4.58. The highest BCUT2D eigenvalue weighted by Gasteiger charge is 2.34. The average molecular weight is 391 g/mol. The van der Waals surface area contributed by atoms with Gasteiger partial charge >= 0.3 is 0 Å². The topological polar surface area (TPSA) is 75.8 Å². The predicted octanol–water partition coefficient (Wildman–Crippen LogP) is 3.05. The van der Waals surface area contributed by atoms with Gasteiger partial charge < -0.3 is 18.8 Å². The van der Waals surface area contributed by atoms with Gasteiger partial charge in [-0.2, -0.15) is 0 Å². The fourth-order valence-electron chi connectivity index (χ4n) is 3.77. The van der Waals surface area contributed by atoms with Gasteiger partial charge in [0.05, 0.1) is 23.7 Å². The van der Waals surface area contributed by atoms with E-state index < -0.39 is 0 Å². The van der Waals surface area contributed by atoms with Crippen molar-refractivity contribution >= 4 is 23.2 Å². The van der Waals surface area contributed by atoms with Crippen molar-refractivity contribution in [1.29, 1.82) is 0 Å². The summed E-state index contributed by atoms with van der Waals surface area (Å²) in [4.78, 5) is 40.4. The van der Waals surface area contributed by atoms with Crippen molar-refractivity contribution in [2.24, 2.45) is 7.05 Å². The lowest BCUT2D eigenvalue weighted by atomic mass is 10.0. The van der Waals surface area contributed by atoms with Crippen LogP contribution in [-0.4, -0.2) is 29.0 Å². The van der Waals surface area contributed by atoms with Crippen LogP contribution < -0.4 is 15.4 Å². The van der Waals surface area contributed by atoms with Crippen LogP contribution in [0.4, 0.5) is 11.4 Å². The minimum absolute atomic E-state index is 0.0845. The highest BCUT2D eigenvalue weighted by atomic mass is 16.3. The third-order valence-electron chi connectivity index (χ3n) is 5.15. The van der Waals surface area contributed by atoms with Gasteiger partial charge in [-0.3, -0.25) is 14.4 Å². The molecule has 1 aromatic carbocycles. The molecule has 0 fully saturated rings. The van der Waals surface area contributed by atoms with E-state index in [0.29, 0.717) is 17.9 Å². The van der Waals surface area contributed by atoms with E-state index in [1.54, 1.807) is 41.2 Å². The maximum absolute atomic E-state index is 13.1. The summed E-state index contributed by atoms with van der Waals surface area (Å²) in [6.07, 6.45) is 3.21. The number of furan rings is 1. The molecule has 0 aliphatic carbocycles. The quantitative estimate of drug-likeness (QED) is 0.673. The van der Waals surface area contributed by atoms with Crippen molar-refractivity contribution in [3.05, 3.63) is 71.0 Å². The van der Waals surface area contributed by atoms with Crippen molar-refractivity contribution in [3.63, 3.8) is 0 Å². The van der Waals surface area contributed by atoms with Crippen LogP contribution in [0, 0.1) is 0 Å². The number of aryl methyl sites for hydroxylation is 1. The number of pyridine rings is 1. The van der Waals surface area contributed by atoms with Crippen molar-refractivity contribution in [3.8, 4) is 11.1 Å². The van der Waals surface area contributed by atoms with E-state index in [9.17, 15) is 14.4 Å². The Morgan fingerprint density at radius 2 is 1.83 bits per heavy atom. The van der Waals surface area contributed by atoms with Crippen molar-refractivity contribution in [1.82, 2.24) is 4.57 Å². The molecule has 3 heterocycles. The first-order valence-electron chi connectivity index (χ1n) is 9.33. The van der Waals surface area contributed by atoms with Crippen molar-refractivity contribution in [2.75, 3.05) is 16.3 Å². The number of amides is 2. The number of rotatable bonds is 2. The molecule has 2 aromatic heterocycles. The van der Waals surface area contributed by atoms with Gasteiger partial charge in [-0.1, -0.05) is 6.07 Å². The molecular formula is C22H21N3O4. The number of carbonyl (C=O) groups is 2. The van der Waals surface area contributed by atoms with Gasteiger partial charge in [-0.05, 0) is 48.4 Å². The Morgan fingerprint density at radius 1 is 1.07 bits per heavy atom. The summed E-state index contributed by atoms with van der Waals surface area (Å²) in [5, 5.41) is 0. The molecule has 4 rings (SSSR count). The average Bonchev–Trinajstić information content (AvgIpc) is 3.23. The molecule has 1 aliphatic rings. The molecule has 0 saturated heterocycles. The number of hydrogen-bond donors (Lipinski definition) is 0. The molecule has 148 valence electrons. The van der Waals surface area contributed by atoms with Crippen LogP contribution in [0.15, 0.2) is 64.1 Å². The van der Waals surface area contributed by atoms with Gasteiger partial charge in [-0.25, -0.2) is 0 Å². The minimum Gasteiger partial charge on any atom is -0.459 e. The Labute approximate surface area is 167 Å². The normalized spacial score (nSPS) is 15.9. The number of benzene rings is 1. The van der Waals surface area contributed by atoms with E-state index in [1.807, 2.05) is 25.1 Å². The largest absolute Gasteiger partial charge is 0.459 e. The standard InChI is InChI=1S/C22H21N3O4/c1-14-12-24(22(28)20-5-4-10-29-20)19-11-16(6-8-18(19)25(14)15(2)26)17-7-9-21(27)23(3)13-17/h4-11,13-14H,12H2,1-3H3/t14-/m0/s1. The van der Waals surface area contributed by atoms with Crippen LogP contribution >= 0.6 is 0 Å². The summed E-state index contributed by atoms with van der Waals surface area (Å²) in [5.74, 6) is -0.102. The first-order chi connectivity index (χ1) is 13.9. The molecule has 0 saturated carbocycles. The molecule has 0 radical (unpaired) electrons. The zero-order chi connectivity index (χ0) is 20.7. The van der Waals surface area contributed by atoms with Gasteiger partial charge in [0.15, 0.2) is 5.76 Å². The van der Waals surface area contributed by atoms with E-state index in [4.69, 9.17) is 4.42 Å². The SMILES string of the molecule is CC(=O)N1c2ccc(-c3ccc(=O)n(C)c3)cc2N(C(=O)c2ccco2)C[C@@H]1C. The van der Waals surface area contributed by atoms with Gasteiger partial charge in [-0.15, -0.1) is 0 Å². The summed E-state index contributed by atoms with van der Waals surface area (Å²) in [6, 6.07) is 12.0. The lowest BCUT2D eigenvalue weighted by Gasteiger charge is -2.40. The number of carbonyl (C=O) groups excluding carboxylic acids is 2. The number of aromatic nitrogens is 1. The van der Waals surface area contributed by atoms with Crippen LogP contribution in [0.2, 0.25) is 0 Å². The Bertz CT molecular complexity index is 1150. The Morgan fingerprint density at radius 3 is 2.48 bits per heavy atom.